The lowest BCUT2D eigenvalue weighted by Gasteiger charge is -2.25. The number of hydrogen-bond acceptors (Lipinski definition) is 4. The molecule has 0 saturated carbocycles. The molecule has 56 heavy (non-hydrogen) atoms. The molecule has 0 radical (unpaired) electrons. The molecule has 0 aliphatic carbocycles. The quantitative estimate of drug-likeness (QED) is 0.170. The zero-order chi connectivity index (χ0) is 39.0. The molecule has 4 nitrogen and oxygen atoms in total. The summed E-state index contributed by atoms with van der Waals surface area (Å²) in [7, 11) is 0.500. The summed E-state index contributed by atoms with van der Waals surface area (Å²) in [5.41, 5.74) is -5.12. The Balaban J connectivity index is -0.0000000211. The van der Waals surface area contributed by atoms with Gasteiger partial charge in [0, 0.05) is 0 Å². The van der Waals surface area contributed by atoms with Crippen molar-refractivity contribution in [2.75, 3.05) is 47.5 Å². The normalized spacial score (nSPS) is 14.2. The maximum Gasteiger partial charge on any atom is 0.431 e. The lowest BCUT2D eigenvalue weighted by atomic mass is 10.1. The van der Waals surface area contributed by atoms with Crippen LogP contribution >= 0.6 is 0 Å². The van der Waals surface area contributed by atoms with Crippen LogP contribution in [0.5, 0.6) is 0 Å². The Kier molecular flexibility index (Phi) is 124. The first kappa shape index (κ1) is 111. The second kappa shape index (κ2) is 62.5. The van der Waals surface area contributed by atoms with Crippen molar-refractivity contribution in [3.63, 3.8) is 0 Å². The van der Waals surface area contributed by atoms with Gasteiger partial charge in [0.2, 0.25) is 6.93 Å². The van der Waals surface area contributed by atoms with Gasteiger partial charge in [0.05, 0.1) is 20.5 Å². The van der Waals surface area contributed by atoms with Crippen LogP contribution in [0.2, 0.25) is 0 Å². The fourth-order valence-corrected chi connectivity index (χ4v) is 0.708. The van der Waals surface area contributed by atoms with E-state index in [0.29, 0.717) is 20.0 Å². The van der Waals surface area contributed by atoms with Gasteiger partial charge in [0.25, 0.3) is 18.4 Å². The highest BCUT2D eigenvalue weighted by atomic mass is 19.4. The minimum atomic E-state index is -5.91. The lowest BCUT2D eigenvalue weighted by Crippen LogP contribution is -2.50. The van der Waals surface area contributed by atoms with Crippen LogP contribution in [-0.4, -0.2) is 102 Å². The van der Waals surface area contributed by atoms with Gasteiger partial charge < -0.3 is 0 Å². The van der Waals surface area contributed by atoms with E-state index in [-0.39, 0.29) is 87.6 Å². The summed E-state index contributed by atoms with van der Waals surface area (Å²) in [5, 5.41) is 7.22. The molecule has 0 aromatic heterocycles. The molecule has 3 atom stereocenters. The minimum Gasteiger partial charge on any atom is -0.255 e. The van der Waals surface area contributed by atoms with Gasteiger partial charge in [-0.05, 0) is 19.8 Å². The second-order valence-corrected chi connectivity index (χ2v) is 6.72. The van der Waals surface area contributed by atoms with Crippen LogP contribution in [0.4, 0.5) is 96.6 Å². The Hall–Kier alpha value is -1.70. The summed E-state index contributed by atoms with van der Waals surface area (Å²) in [5.74, 6) is -3.87. The van der Waals surface area contributed by atoms with E-state index >= 15 is 0 Å². The van der Waals surface area contributed by atoms with Gasteiger partial charge >= 0.3 is 24.5 Å². The van der Waals surface area contributed by atoms with Gasteiger partial charge in [-0.1, -0.05) is 88.1 Å². The highest BCUT2D eigenvalue weighted by Crippen LogP contribution is 2.45. The van der Waals surface area contributed by atoms with Crippen molar-refractivity contribution in [3.8, 4) is 0 Å². The number of halogens is 22. The highest BCUT2D eigenvalue weighted by Gasteiger charge is 2.69. The van der Waals surface area contributed by atoms with Crippen LogP contribution in [0.15, 0.2) is 0 Å². The Labute approximate surface area is 321 Å². The van der Waals surface area contributed by atoms with Crippen LogP contribution in [0.1, 0.15) is 108 Å². The van der Waals surface area contributed by atoms with E-state index in [1.165, 1.54) is 0 Å². The van der Waals surface area contributed by atoms with E-state index < -0.39 is 82.8 Å². The molecule has 1 aliphatic rings. The zero-order valence-electron chi connectivity index (χ0n) is 23.9. The lowest BCUT2D eigenvalue weighted by molar-refractivity contribution is -0.334. The molecule has 1 fully saturated rings. The summed E-state index contributed by atoms with van der Waals surface area (Å²) < 4.78 is 240. The molecule has 370 valence electrons. The van der Waals surface area contributed by atoms with E-state index in [1.54, 1.807) is 13.8 Å². The molecule has 1 heterocycles. The third-order valence-electron chi connectivity index (χ3n) is 2.96. The molecule has 1 saturated heterocycles. The number of hydrogen-bond donors (Lipinski definition) is 1. The van der Waals surface area contributed by atoms with Crippen molar-refractivity contribution in [2.45, 2.75) is 157 Å². The molecule has 26 heteroatoms. The Morgan fingerprint density at radius 1 is 0.625 bits per heavy atom. The molecule has 0 aromatic carbocycles. The maximum atomic E-state index is 12.1. The Bertz CT molecular complexity index is 572. The van der Waals surface area contributed by atoms with E-state index in [4.69, 9.17) is 5.26 Å². The molecule has 0 aromatic rings. The predicted octanol–water partition coefficient (Wildman–Crippen LogP) is 16.9. The molecule has 0 amide bonds. The van der Waals surface area contributed by atoms with Crippen LogP contribution in [-0.2, 0) is 14.7 Å². The second-order valence-electron chi connectivity index (χ2n) is 6.72. The van der Waals surface area contributed by atoms with Crippen LogP contribution in [0.25, 0.3) is 0 Å². The number of alkyl halides is 22. The average Bonchev–Trinajstić information content (AvgIpc) is 3.24. The van der Waals surface area contributed by atoms with Crippen LogP contribution in [0, 0.1) is 0 Å². The third kappa shape index (κ3) is 70.1. The third-order valence-corrected chi connectivity index (χ3v) is 2.96. The average molecular weight is 915 g/mol. The molecule has 3 unspecified atom stereocenters. The Morgan fingerprint density at radius 3 is 0.893 bits per heavy atom. The monoisotopic (exact) mass is 915 g/mol. The van der Waals surface area contributed by atoms with Gasteiger partial charge in [0.1, 0.15) is 13.3 Å². The molecule has 1 aliphatic heterocycles. The first-order valence-electron chi connectivity index (χ1n) is 11.2. The van der Waals surface area contributed by atoms with Crippen molar-refractivity contribution in [1.82, 2.24) is 0 Å². The van der Waals surface area contributed by atoms with Crippen LogP contribution < -0.4 is 0 Å². The SMILES string of the molecule is C.C.C.C.C.C.C.C.C.C.CC(F)(C(F)(F)F)C(F)(F)F.CCCF.CCCF.CF.FCC(F)(F)F.FCC1OOC(F)C1(F)F.FCF.OOC(F)CF. The van der Waals surface area contributed by atoms with E-state index in [9.17, 15) is 96.6 Å². The van der Waals surface area contributed by atoms with Crippen LogP contribution in [0.3, 0.4) is 0 Å². The molecular weight excluding hydrogens is 842 g/mol. The van der Waals surface area contributed by atoms with Crippen molar-refractivity contribution in [2.24, 2.45) is 0 Å². The van der Waals surface area contributed by atoms with E-state index in [2.05, 4.69) is 14.7 Å². The van der Waals surface area contributed by atoms with Gasteiger partial charge in [-0.2, -0.15) is 58.1 Å². The van der Waals surface area contributed by atoms with Gasteiger partial charge in [-0.25, -0.2) is 45.3 Å². The predicted molar refractivity (Wildman–Crippen MR) is 184 cm³/mol. The first-order valence-corrected chi connectivity index (χ1v) is 11.2. The Morgan fingerprint density at radius 2 is 0.857 bits per heavy atom. The smallest absolute Gasteiger partial charge is 0.255 e. The zero-order valence-corrected chi connectivity index (χ0v) is 23.9. The standard InChI is InChI=1S/C4H3F7.C4H4F4O2.2C3H7F.C2H2F4.C2H4F2O2.CH2F2.CH3F.10CH4/c1-2(5,3(6,7)8)4(9,10)11;5-1-2-4(7,8)3(6)10-9-2;2*1-2-3-4;3-1-2(4,5)6;3-1-2(4)6-5;2-1-3;1-2;;;;;;;;;;/h1H3;2-3H,1H2;2*2-3H2,1H3;1H2;2,5H,1H2;1H2;1H3;10*1H4. The summed E-state index contributed by atoms with van der Waals surface area (Å²) in [6, 6.07) is 0. The van der Waals surface area contributed by atoms with Gasteiger partial charge in [-0.3, -0.25) is 13.2 Å². The van der Waals surface area contributed by atoms with Crippen molar-refractivity contribution < 1.29 is 117 Å². The maximum absolute atomic E-state index is 12.1. The summed E-state index contributed by atoms with van der Waals surface area (Å²) >= 11 is 0. The topological polar surface area (TPSA) is 47.9 Å². The van der Waals surface area contributed by atoms with Crippen molar-refractivity contribution >= 4 is 0 Å². The largest absolute Gasteiger partial charge is 0.431 e. The van der Waals surface area contributed by atoms with E-state index in [0.717, 1.165) is 0 Å². The van der Waals surface area contributed by atoms with E-state index in [1.807, 2.05) is 0 Å². The number of rotatable bonds is 5. The fourth-order valence-electron chi connectivity index (χ4n) is 0.708. The fraction of sp³-hybridized carbons (Fsp3) is 1.00. The summed E-state index contributed by atoms with van der Waals surface area (Å²) in [6.07, 6.45) is -22.3. The summed E-state index contributed by atoms with van der Waals surface area (Å²) in [6.45, 7) is -4.07. The first-order chi connectivity index (χ1) is 20.7. The van der Waals surface area contributed by atoms with Gasteiger partial charge in [0.15, 0.2) is 12.8 Å². The highest BCUT2D eigenvalue weighted by molar-refractivity contribution is 4.89. The summed E-state index contributed by atoms with van der Waals surface area (Å²) in [4.78, 5) is 9.90. The van der Waals surface area contributed by atoms with Gasteiger partial charge in [-0.15, -0.1) is 0 Å². The molecule has 0 spiro atoms. The molecular formula is C30H72F22O4. The minimum absolute atomic E-state index is 0. The molecule has 1 rings (SSSR count). The van der Waals surface area contributed by atoms with Crippen molar-refractivity contribution in [3.05, 3.63) is 0 Å². The van der Waals surface area contributed by atoms with Crippen molar-refractivity contribution in [1.29, 1.82) is 0 Å². The molecule has 0 bridgehead atoms. The molecule has 1 N–H and O–H groups in total.